The third-order valence-corrected chi connectivity index (χ3v) is 7.66. The van der Waals surface area contributed by atoms with Crippen LogP contribution in [0.4, 0.5) is 0 Å². The van der Waals surface area contributed by atoms with Gasteiger partial charge in [-0.2, -0.15) is 4.31 Å². The first kappa shape index (κ1) is 15.9. The predicted octanol–water partition coefficient (Wildman–Crippen LogP) is 1.80. The normalized spacial score (nSPS) is 23.1. The Morgan fingerprint density at radius 1 is 1.17 bits per heavy atom. The number of hydrogen-bond acceptors (Lipinski definition) is 6. The Hall–Kier alpha value is -1.64. The Bertz CT molecular complexity index is 809. The van der Waals surface area contributed by atoms with E-state index in [-0.39, 0.29) is 15.7 Å². The van der Waals surface area contributed by atoms with Crippen LogP contribution in [-0.2, 0) is 10.0 Å². The van der Waals surface area contributed by atoms with Crippen molar-refractivity contribution < 1.29 is 13.2 Å². The minimum absolute atomic E-state index is 0.0256. The van der Waals surface area contributed by atoms with Gasteiger partial charge in [-0.15, -0.1) is 11.8 Å². The highest BCUT2D eigenvalue weighted by Crippen LogP contribution is 2.47. The molecule has 2 aliphatic heterocycles. The highest BCUT2D eigenvalue weighted by Gasteiger charge is 2.53. The summed E-state index contributed by atoms with van der Waals surface area (Å²) in [5, 5.41) is 0. The number of ether oxygens (including phenoxy) is 1. The van der Waals surface area contributed by atoms with Crippen LogP contribution in [0.2, 0.25) is 0 Å². The second-order valence-electron chi connectivity index (χ2n) is 6.09. The molecule has 0 amide bonds. The maximum atomic E-state index is 12.6. The topological polar surface area (TPSA) is 72.4 Å². The van der Waals surface area contributed by atoms with E-state index in [2.05, 4.69) is 9.97 Å². The summed E-state index contributed by atoms with van der Waals surface area (Å²) >= 11 is 1.81. The zero-order valence-corrected chi connectivity index (χ0v) is 14.5. The molecule has 8 heteroatoms. The van der Waals surface area contributed by atoms with E-state index in [1.54, 1.807) is 42.5 Å². The lowest BCUT2D eigenvalue weighted by Gasteiger charge is -2.46. The third-order valence-electron chi connectivity index (χ3n) is 4.31. The largest absolute Gasteiger partial charge is 0.488 e. The number of aromatic nitrogens is 2. The van der Waals surface area contributed by atoms with Crippen molar-refractivity contribution in [1.29, 1.82) is 0 Å². The summed E-state index contributed by atoms with van der Waals surface area (Å²) in [6.45, 7) is 1.06. The fourth-order valence-corrected chi connectivity index (χ4v) is 6.39. The SMILES string of the molecule is O=S(=O)(c1cccnc1)N1CC2(C[C@H](Oc3cccnc3)CS2)C1. The summed E-state index contributed by atoms with van der Waals surface area (Å²) in [6.07, 6.45) is 7.34. The van der Waals surface area contributed by atoms with Gasteiger partial charge in [0.25, 0.3) is 0 Å². The van der Waals surface area contributed by atoms with E-state index in [0.717, 1.165) is 17.9 Å². The molecule has 0 bridgehead atoms. The minimum atomic E-state index is -3.44. The Morgan fingerprint density at radius 2 is 1.92 bits per heavy atom. The van der Waals surface area contributed by atoms with Gasteiger partial charge in [0.1, 0.15) is 16.7 Å². The second-order valence-corrected chi connectivity index (χ2v) is 9.51. The van der Waals surface area contributed by atoms with Crippen LogP contribution >= 0.6 is 11.8 Å². The van der Waals surface area contributed by atoms with E-state index in [4.69, 9.17) is 4.74 Å². The van der Waals surface area contributed by atoms with Crippen molar-refractivity contribution >= 4 is 21.8 Å². The lowest BCUT2D eigenvalue weighted by atomic mass is 9.95. The molecule has 126 valence electrons. The van der Waals surface area contributed by atoms with Crippen LogP contribution in [0.15, 0.2) is 53.9 Å². The fourth-order valence-electron chi connectivity index (χ4n) is 3.12. The molecule has 1 spiro atoms. The van der Waals surface area contributed by atoms with Gasteiger partial charge in [-0.05, 0) is 24.3 Å². The van der Waals surface area contributed by atoms with Crippen molar-refractivity contribution in [3.63, 3.8) is 0 Å². The average Bonchev–Trinajstić information content (AvgIpc) is 3.00. The summed E-state index contributed by atoms with van der Waals surface area (Å²) in [5.74, 6) is 1.63. The molecule has 4 heterocycles. The van der Waals surface area contributed by atoms with E-state index in [1.807, 2.05) is 12.1 Å². The first-order valence-corrected chi connectivity index (χ1v) is 10.1. The molecule has 4 rings (SSSR count). The van der Waals surface area contributed by atoms with Crippen molar-refractivity contribution in [2.45, 2.75) is 22.2 Å². The standard InChI is InChI=1S/C16H17N3O3S2/c20-24(21,15-4-2-6-18-9-15)19-11-16(12-19)7-14(10-23-16)22-13-3-1-5-17-8-13/h1-6,8-9,14H,7,10-12H2/t14-/m0/s1. The van der Waals surface area contributed by atoms with E-state index < -0.39 is 10.0 Å². The molecule has 2 saturated heterocycles. The molecule has 2 aromatic heterocycles. The number of thioether (sulfide) groups is 1. The summed E-state index contributed by atoms with van der Waals surface area (Å²) < 4.78 is 32.6. The lowest BCUT2D eigenvalue weighted by molar-refractivity contribution is 0.159. The van der Waals surface area contributed by atoms with Crippen molar-refractivity contribution in [3.05, 3.63) is 49.1 Å². The molecule has 2 aromatic rings. The van der Waals surface area contributed by atoms with Gasteiger partial charge in [-0.1, -0.05) is 0 Å². The number of rotatable bonds is 4. The monoisotopic (exact) mass is 363 g/mol. The summed E-state index contributed by atoms with van der Waals surface area (Å²) in [5.41, 5.74) is 0. The van der Waals surface area contributed by atoms with E-state index in [1.165, 1.54) is 10.5 Å². The smallest absolute Gasteiger partial charge is 0.244 e. The van der Waals surface area contributed by atoms with Crippen LogP contribution in [0.3, 0.4) is 0 Å². The molecule has 6 nitrogen and oxygen atoms in total. The van der Waals surface area contributed by atoms with Crippen LogP contribution < -0.4 is 4.74 Å². The second kappa shape index (κ2) is 6.02. The Labute approximate surface area is 145 Å². The molecule has 0 aromatic carbocycles. The molecule has 1 atom stereocenters. The molecule has 2 aliphatic rings. The van der Waals surface area contributed by atoms with Crippen molar-refractivity contribution in [2.75, 3.05) is 18.8 Å². The van der Waals surface area contributed by atoms with E-state index >= 15 is 0 Å². The van der Waals surface area contributed by atoms with E-state index in [9.17, 15) is 8.42 Å². The number of hydrogen-bond donors (Lipinski definition) is 0. The number of sulfonamides is 1. The third kappa shape index (κ3) is 2.89. The predicted molar refractivity (Wildman–Crippen MR) is 91.5 cm³/mol. The molecule has 0 aliphatic carbocycles. The first-order chi connectivity index (χ1) is 11.6. The summed E-state index contributed by atoms with van der Waals surface area (Å²) in [4.78, 5) is 8.21. The van der Waals surface area contributed by atoms with Gasteiger partial charge >= 0.3 is 0 Å². The highest BCUT2D eigenvalue weighted by molar-refractivity contribution is 8.01. The number of pyridine rings is 2. The Balaban J connectivity index is 1.39. The maximum absolute atomic E-state index is 12.6. The first-order valence-electron chi connectivity index (χ1n) is 7.68. The molecule has 0 N–H and O–H groups in total. The van der Waals surface area contributed by atoms with E-state index in [0.29, 0.717) is 13.1 Å². The molecule has 2 fully saturated rings. The van der Waals surface area contributed by atoms with Crippen molar-refractivity contribution in [1.82, 2.24) is 14.3 Å². The maximum Gasteiger partial charge on any atom is 0.244 e. The van der Waals surface area contributed by atoms with Crippen LogP contribution in [0.25, 0.3) is 0 Å². The van der Waals surface area contributed by atoms with Crippen LogP contribution in [0.1, 0.15) is 6.42 Å². The van der Waals surface area contributed by atoms with Crippen LogP contribution in [0.5, 0.6) is 5.75 Å². The minimum Gasteiger partial charge on any atom is -0.488 e. The molecule has 24 heavy (non-hydrogen) atoms. The zero-order valence-electron chi connectivity index (χ0n) is 12.9. The van der Waals surface area contributed by atoms with Gasteiger partial charge in [-0.3, -0.25) is 9.97 Å². The average molecular weight is 363 g/mol. The number of nitrogens with zero attached hydrogens (tertiary/aromatic N) is 3. The van der Waals surface area contributed by atoms with Gasteiger partial charge in [0.2, 0.25) is 10.0 Å². The molecular weight excluding hydrogens is 346 g/mol. The summed E-state index contributed by atoms with van der Waals surface area (Å²) in [6, 6.07) is 6.97. The van der Waals surface area contributed by atoms with Gasteiger partial charge in [-0.25, -0.2) is 8.42 Å². The van der Waals surface area contributed by atoms with Gasteiger partial charge < -0.3 is 4.74 Å². The Morgan fingerprint density at radius 3 is 2.58 bits per heavy atom. The van der Waals surface area contributed by atoms with Crippen LogP contribution in [0, 0.1) is 0 Å². The molecular formula is C16H17N3O3S2. The van der Waals surface area contributed by atoms with Crippen molar-refractivity contribution in [3.8, 4) is 5.75 Å². The molecule has 0 saturated carbocycles. The lowest BCUT2D eigenvalue weighted by Crippen LogP contribution is -2.60. The van der Waals surface area contributed by atoms with Gasteiger partial charge in [0, 0.05) is 48.6 Å². The van der Waals surface area contributed by atoms with Crippen LogP contribution in [-0.4, -0.2) is 52.4 Å². The van der Waals surface area contributed by atoms with Gasteiger partial charge in [0.05, 0.1) is 6.20 Å². The quantitative estimate of drug-likeness (QED) is 0.825. The summed E-state index contributed by atoms with van der Waals surface area (Å²) in [7, 11) is -3.44. The van der Waals surface area contributed by atoms with Gasteiger partial charge in [0.15, 0.2) is 0 Å². The van der Waals surface area contributed by atoms with Crippen molar-refractivity contribution in [2.24, 2.45) is 0 Å². The fraction of sp³-hybridized carbons (Fsp3) is 0.375. The highest BCUT2D eigenvalue weighted by atomic mass is 32.2. The Kier molecular flexibility index (Phi) is 3.98. The molecule has 0 unspecified atom stereocenters. The zero-order chi connectivity index (χ0) is 16.6. The molecule has 0 radical (unpaired) electrons.